The van der Waals surface area contributed by atoms with Crippen molar-refractivity contribution in [1.82, 2.24) is 4.98 Å². The topological polar surface area (TPSA) is 30.0 Å². The average Bonchev–Trinajstić information content (AvgIpc) is 2.89. The van der Waals surface area contributed by atoms with Crippen LogP contribution in [0.5, 0.6) is 0 Å². The molecule has 0 saturated carbocycles. The van der Waals surface area contributed by atoms with Gasteiger partial charge in [0.15, 0.2) is 10.1 Å². The van der Waals surface area contributed by atoms with E-state index in [1.807, 2.05) is 31.2 Å². The van der Waals surface area contributed by atoms with Gasteiger partial charge in [0.05, 0.1) is 15.5 Å². The van der Waals surface area contributed by atoms with Gasteiger partial charge in [-0.05, 0) is 43.3 Å². The van der Waals surface area contributed by atoms with Crippen molar-refractivity contribution in [2.24, 2.45) is 0 Å². The summed E-state index contributed by atoms with van der Waals surface area (Å²) in [4.78, 5) is 16.8. The summed E-state index contributed by atoms with van der Waals surface area (Å²) in [6.45, 7) is 1.85. The summed E-state index contributed by atoms with van der Waals surface area (Å²) in [7, 11) is 0. The molecule has 0 fully saturated rings. The molecule has 1 unspecified atom stereocenters. The molecule has 21 heavy (non-hydrogen) atoms. The molecule has 0 saturated heterocycles. The third kappa shape index (κ3) is 3.14. The smallest absolute Gasteiger partial charge is 0.175 e. The van der Waals surface area contributed by atoms with Crippen LogP contribution < -0.4 is 0 Å². The molecule has 0 aliphatic rings. The van der Waals surface area contributed by atoms with Crippen LogP contribution in [0.4, 0.5) is 4.39 Å². The van der Waals surface area contributed by atoms with Crippen molar-refractivity contribution >= 4 is 39.1 Å². The van der Waals surface area contributed by atoms with Crippen LogP contribution in [0.25, 0.3) is 10.2 Å². The summed E-state index contributed by atoms with van der Waals surface area (Å²) >= 11 is 3.02. The Kier molecular flexibility index (Phi) is 4.03. The first kappa shape index (κ1) is 14.2. The Morgan fingerprint density at radius 3 is 2.62 bits per heavy atom. The van der Waals surface area contributed by atoms with Crippen molar-refractivity contribution in [3.63, 3.8) is 0 Å². The maximum atomic E-state index is 12.9. The number of halogens is 1. The molecule has 5 heteroatoms. The Balaban J connectivity index is 1.77. The largest absolute Gasteiger partial charge is 0.293 e. The van der Waals surface area contributed by atoms with Gasteiger partial charge in [0, 0.05) is 5.56 Å². The highest BCUT2D eigenvalue weighted by Gasteiger charge is 2.18. The van der Waals surface area contributed by atoms with Gasteiger partial charge >= 0.3 is 0 Å². The molecule has 0 radical (unpaired) electrons. The van der Waals surface area contributed by atoms with Gasteiger partial charge in [-0.1, -0.05) is 23.9 Å². The molecule has 1 heterocycles. The van der Waals surface area contributed by atoms with Gasteiger partial charge in [-0.2, -0.15) is 0 Å². The zero-order valence-corrected chi connectivity index (χ0v) is 12.9. The molecule has 0 bridgehead atoms. The van der Waals surface area contributed by atoms with E-state index in [9.17, 15) is 9.18 Å². The van der Waals surface area contributed by atoms with Crippen molar-refractivity contribution in [2.75, 3.05) is 0 Å². The van der Waals surface area contributed by atoms with Gasteiger partial charge in [-0.3, -0.25) is 4.79 Å². The van der Waals surface area contributed by atoms with E-state index in [-0.39, 0.29) is 16.9 Å². The first-order valence-electron chi connectivity index (χ1n) is 6.45. The van der Waals surface area contributed by atoms with Crippen molar-refractivity contribution < 1.29 is 9.18 Å². The van der Waals surface area contributed by atoms with E-state index in [1.54, 1.807) is 11.3 Å². The monoisotopic (exact) mass is 317 g/mol. The van der Waals surface area contributed by atoms with Crippen molar-refractivity contribution in [1.29, 1.82) is 0 Å². The molecule has 2 aromatic carbocycles. The van der Waals surface area contributed by atoms with E-state index >= 15 is 0 Å². The Hall–Kier alpha value is -1.72. The lowest BCUT2D eigenvalue weighted by molar-refractivity contribution is 0.0994. The number of rotatable bonds is 4. The molecule has 106 valence electrons. The fourth-order valence-electron chi connectivity index (χ4n) is 1.96. The number of para-hydroxylation sites is 1. The van der Waals surface area contributed by atoms with Crippen LogP contribution in [0.1, 0.15) is 17.3 Å². The lowest BCUT2D eigenvalue weighted by Gasteiger charge is -2.07. The Morgan fingerprint density at radius 1 is 1.19 bits per heavy atom. The van der Waals surface area contributed by atoms with E-state index in [4.69, 9.17) is 0 Å². The molecule has 3 aromatic rings. The Labute approximate surface area is 130 Å². The molecule has 0 spiro atoms. The quantitative estimate of drug-likeness (QED) is 0.511. The number of Topliss-reactive ketones (excluding diaryl/α,β-unsaturated/α-hetero) is 1. The maximum absolute atomic E-state index is 12.9. The molecule has 0 aliphatic heterocycles. The van der Waals surface area contributed by atoms with Crippen LogP contribution in [0.15, 0.2) is 52.9 Å². The van der Waals surface area contributed by atoms with Gasteiger partial charge in [0.1, 0.15) is 5.82 Å². The molecular formula is C16H12FNOS2. The second-order valence-corrected chi connectivity index (χ2v) is 7.20. The van der Waals surface area contributed by atoms with Crippen LogP contribution in [-0.4, -0.2) is 16.0 Å². The van der Waals surface area contributed by atoms with Gasteiger partial charge < -0.3 is 0 Å². The van der Waals surface area contributed by atoms with Crippen LogP contribution in [0.3, 0.4) is 0 Å². The minimum atomic E-state index is -0.335. The number of ketones is 1. The van der Waals surface area contributed by atoms with E-state index < -0.39 is 0 Å². The third-order valence-corrected chi connectivity index (χ3v) is 5.28. The van der Waals surface area contributed by atoms with Crippen LogP contribution in [0.2, 0.25) is 0 Å². The number of fused-ring (bicyclic) bond motifs is 1. The summed E-state index contributed by atoms with van der Waals surface area (Å²) in [5.74, 6) is -0.350. The SMILES string of the molecule is CC(Sc1nc2ccccc2s1)C(=O)c1ccc(F)cc1. The number of thiazole rings is 1. The molecule has 3 rings (SSSR count). The van der Waals surface area contributed by atoms with Crippen LogP contribution in [0, 0.1) is 5.82 Å². The standard InChI is InChI=1S/C16H12FNOS2/c1-10(15(19)11-6-8-12(17)9-7-11)20-16-18-13-4-2-3-5-14(13)21-16/h2-10H,1H3. The van der Waals surface area contributed by atoms with Crippen LogP contribution in [-0.2, 0) is 0 Å². The number of aromatic nitrogens is 1. The molecule has 0 amide bonds. The fourth-order valence-corrected chi connectivity index (χ4v) is 4.24. The van der Waals surface area contributed by atoms with Gasteiger partial charge in [-0.15, -0.1) is 11.3 Å². The van der Waals surface area contributed by atoms with Crippen molar-refractivity contribution in [3.05, 3.63) is 59.9 Å². The number of benzene rings is 2. The van der Waals surface area contributed by atoms with Crippen molar-refractivity contribution in [3.8, 4) is 0 Å². The third-order valence-electron chi connectivity index (χ3n) is 3.05. The van der Waals surface area contributed by atoms with Gasteiger partial charge in [0.2, 0.25) is 0 Å². The number of nitrogens with zero attached hydrogens (tertiary/aromatic N) is 1. The Bertz CT molecular complexity index is 749. The van der Waals surface area contributed by atoms with Gasteiger partial charge in [0.25, 0.3) is 0 Å². The first-order valence-corrected chi connectivity index (χ1v) is 8.15. The molecule has 0 aliphatic carbocycles. The lowest BCUT2D eigenvalue weighted by Crippen LogP contribution is -2.13. The molecular weight excluding hydrogens is 305 g/mol. The summed E-state index contributed by atoms with van der Waals surface area (Å²) < 4.78 is 14.9. The maximum Gasteiger partial charge on any atom is 0.175 e. The number of hydrogen-bond acceptors (Lipinski definition) is 4. The minimum Gasteiger partial charge on any atom is -0.293 e. The minimum absolute atomic E-state index is 0.0146. The molecule has 1 aromatic heterocycles. The van der Waals surface area contributed by atoms with E-state index in [0.29, 0.717) is 5.56 Å². The summed E-state index contributed by atoms with van der Waals surface area (Å²) in [6.07, 6.45) is 0. The van der Waals surface area contributed by atoms with E-state index in [2.05, 4.69) is 4.98 Å². The molecule has 1 atom stereocenters. The average molecular weight is 317 g/mol. The number of thioether (sulfide) groups is 1. The Morgan fingerprint density at radius 2 is 1.90 bits per heavy atom. The number of carbonyl (C=O) groups excluding carboxylic acids is 1. The summed E-state index contributed by atoms with van der Waals surface area (Å²) in [5, 5.41) is -0.254. The van der Waals surface area contributed by atoms with Crippen molar-refractivity contribution in [2.45, 2.75) is 16.5 Å². The second kappa shape index (κ2) is 5.95. The van der Waals surface area contributed by atoms with Crippen LogP contribution >= 0.6 is 23.1 Å². The highest BCUT2D eigenvalue weighted by molar-refractivity contribution is 8.02. The van der Waals surface area contributed by atoms with E-state index in [1.165, 1.54) is 36.0 Å². The lowest BCUT2D eigenvalue weighted by atomic mass is 10.1. The summed E-state index contributed by atoms with van der Waals surface area (Å²) in [5.41, 5.74) is 1.48. The predicted molar refractivity (Wildman–Crippen MR) is 85.7 cm³/mol. The fraction of sp³-hybridized carbons (Fsp3) is 0.125. The van der Waals surface area contributed by atoms with Gasteiger partial charge in [-0.25, -0.2) is 9.37 Å². The van der Waals surface area contributed by atoms with E-state index in [0.717, 1.165) is 14.6 Å². The highest BCUT2D eigenvalue weighted by Crippen LogP contribution is 2.32. The zero-order valence-electron chi connectivity index (χ0n) is 11.2. The number of hydrogen-bond donors (Lipinski definition) is 0. The predicted octanol–water partition coefficient (Wildman–Crippen LogP) is 4.80. The first-order chi connectivity index (χ1) is 10.1. The normalized spacial score (nSPS) is 12.5. The zero-order chi connectivity index (χ0) is 14.8. The molecule has 0 N–H and O–H groups in total. The molecule has 2 nitrogen and oxygen atoms in total. The highest BCUT2D eigenvalue weighted by atomic mass is 32.2. The number of carbonyl (C=O) groups is 1. The second-order valence-electron chi connectivity index (χ2n) is 4.58. The summed E-state index contributed by atoms with van der Waals surface area (Å²) in [6, 6.07) is 13.6.